The van der Waals surface area contributed by atoms with Crippen molar-refractivity contribution in [3.8, 4) is 5.75 Å². The van der Waals surface area contributed by atoms with Crippen LogP contribution in [0.1, 0.15) is 29.5 Å². The van der Waals surface area contributed by atoms with E-state index in [1.807, 2.05) is 6.07 Å². The molecular formula is C23H23O. The van der Waals surface area contributed by atoms with Gasteiger partial charge in [-0.2, -0.15) is 0 Å². The van der Waals surface area contributed by atoms with Gasteiger partial charge in [0.1, 0.15) is 5.75 Å². The molecule has 3 aromatic carbocycles. The Balaban J connectivity index is 1.38. The first-order valence-electron chi connectivity index (χ1n) is 8.54. The Morgan fingerprint density at radius 3 is 2.00 bits per heavy atom. The van der Waals surface area contributed by atoms with Crippen LogP contribution >= 0.6 is 0 Å². The van der Waals surface area contributed by atoms with Gasteiger partial charge in [-0.05, 0) is 54.5 Å². The van der Waals surface area contributed by atoms with E-state index < -0.39 is 0 Å². The maximum Gasteiger partial charge on any atom is 0.119 e. The van der Waals surface area contributed by atoms with Crippen molar-refractivity contribution in [2.24, 2.45) is 0 Å². The van der Waals surface area contributed by atoms with Crippen LogP contribution in [0.3, 0.4) is 0 Å². The van der Waals surface area contributed by atoms with Gasteiger partial charge in [0.05, 0.1) is 6.61 Å². The van der Waals surface area contributed by atoms with Crippen molar-refractivity contribution in [1.29, 1.82) is 0 Å². The predicted octanol–water partition coefficient (Wildman–Crippen LogP) is 5.69. The molecule has 1 nitrogen and oxygen atoms in total. The topological polar surface area (TPSA) is 9.23 Å². The molecule has 24 heavy (non-hydrogen) atoms. The first-order chi connectivity index (χ1) is 11.9. The van der Waals surface area contributed by atoms with Gasteiger partial charge in [0.15, 0.2) is 0 Å². The molecule has 0 amide bonds. The summed E-state index contributed by atoms with van der Waals surface area (Å²) in [5.74, 6) is 0.950. The Morgan fingerprint density at radius 2 is 1.29 bits per heavy atom. The Labute approximate surface area is 144 Å². The van der Waals surface area contributed by atoms with E-state index in [9.17, 15) is 0 Å². The SMILES string of the molecule is [CH](CCCOc1ccc(Cc2ccccc2)cc1)c1ccccc1. The molecular weight excluding hydrogens is 292 g/mol. The monoisotopic (exact) mass is 315 g/mol. The van der Waals surface area contributed by atoms with E-state index in [0.29, 0.717) is 0 Å². The second kappa shape index (κ2) is 8.93. The van der Waals surface area contributed by atoms with Crippen LogP contribution in [0.25, 0.3) is 0 Å². The zero-order chi connectivity index (χ0) is 16.5. The van der Waals surface area contributed by atoms with Crippen molar-refractivity contribution >= 4 is 0 Å². The highest BCUT2D eigenvalue weighted by Gasteiger charge is 1.98. The Morgan fingerprint density at radius 1 is 0.667 bits per heavy atom. The van der Waals surface area contributed by atoms with Gasteiger partial charge in [-0.25, -0.2) is 0 Å². The average molecular weight is 315 g/mol. The highest BCUT2D eigenvalue weighted by atomic mass is 16.5. The molecule has 0 bridgehead atoms. The maximum absolute atomic E-state index is 5.83. The summed E-state index contributed by atoms with van der Waals surface area (Å²) >= 11 is 0. The van der Waals surface area contributed by atoms with Crippen molar-refractivity contribution in [2.75, 3.05) is 6.61 Å². The molecule has 0 atom stereocenters. The van der Waals surface area contributed by atoms with Crippen LogP contribution in [0, 0.1) is 6.42 Å². The van der Waals surface area contributed by atoms with Gasteiger partial charge >= 0.3 is 0 Å². The van der Waals surface area contributed by atoms with Crippen molar-refractivity contribution < 1.29 is 4.74 Å². The minimum atomic E-state index is 0.751. The summed E-state index contributed by atoms with van der Waals surface area (Å²) in [4.78, 5) is 0. The number of hydrogen-bond donors (Lipinski definition) is 0. The summed E-state index contributed by atoms with van der Waals surface area (Å²) in [6, 6.07) is 29.4. The lowest BCUT2D eigenvalue weighted by Gasteiger charge is -2.07. The highest BCUT2D eigenvalue weighted by molar-refractivity contribution is 5.31. The molecule has 0 aromatic heterocycles. The molecule has 0 N–H and O–H groups in total. The van der Waals surface area contributed by atoms with E-state index in [2.05, 4.69) is 85.3 Å². The number of unbranched alkanes of at least 4 members (excludes halogenated alkanes) is 1. The largest absolute Gasteiger partial charge is 0.494 e. The first-order valence-corrected chi connectivity index (χ1v) is 8.54. The fourth-order valence-electron chi connectivity index (χ4n) is 2.67. The van der Waals surface area contributed by atoms with E-state index in [1.54, 1.807) is 0 Å². The molecule has 0 aliphatic carbocycles. The molecule has 0 saturated carbocycles. The molecule has 0 aliphatic heterocycles. The number of ether oxygens (including phenoxy) is 1. The van der Waals surface area contributed by atoms with Crippen molar-refractivity contribution in [1.82, 2.24) is 0 Å². The molecule has 0 unspecified atom stereocenters. The molecule has 3 rings (SSSR count). The fourth-order valence-corrected chi connectivity index (χ4v) is 2.67. The first kappa shape index (κ1) is 16.3. The maximum atomic E-state index is 5.83. The number of benzene rings is 3. The van der Waals surface area contributed by atoms with Crippen LogP contribution in [0.15, 0.2) is 84.9 Å². The van der Waals surface area contributed by atoms with Gasteiger partial charge in [0.2, 0.25) is 0 Å². The third kappa shape index (κ3) is 5.27. The summed E-state index contributed by atoms with van der Waals surface area (Å²) in [5, 5.41) is 0. The van der Waals surface area contributed by atoms with Gasteiger partial charge < -0.3 is 4.74 Å². The zero-order valence-electron chi connectivity index (χ0n) is 13.9. The van der Waals surface area contributed by atoms with E-state index in [4.69, 9.17) is 4.74 Å². The fraction of sp³-hybridized carbons (Fsp3) is 0.174. The number of rotatable bonds is 8. The van der Waals surface area contributed by atoms with Crippen LogP contribution in [-0.4, -0.2) is 6.61 Å². The lowest BCUT2D eigenvalue weighted by molar-refractivity contribution is 0.311. The van der Waals surface area contributed by atoms with E-state index >= 15 is 0 Å². The lowest BCUT2D eigenvalue weighted by Crippen LogP contribution is -1.98. The van der Waals surface area contributed by atoms with Crippen LogP contribution in [0.5, 0.6) is 5.75 Å². The predicted molar refractivity (Wildman–Crippen MR) is 100 cm³/mol. The van der Waals surface area contributed by atoms with E-state index in [1.165, 1.54) is 16.7 Å². The summed E-state index contributed by atoms with van der Waals surface area (Å²) in [7, 11) is 0. The van der Waals surface area contributed by atoms with E-state index in [-0.39, 0.29) is 0 Å². The third-order valence-electron chi connectivity index (χ3n) is 3.97. The normalized spacial score (nSPS) is 10.5. The Bertz CT molecular complexity index is 702. The second-order valence-electron chi connectivity index (χ2n) is 5.91. The van der Waals surface area contributed by atoms with Gasteiger partial charge in [0.25, 0.3) is 0 Å². The molecule has 0 heterocycles. The van der Waals surface area contributed by atoms with Gasteiger partial charge in [0, 0.05) is 0 Å². The quantitative estimate of drug-likeness (QED) is 0.485. The highest BCUT2D eigenvalue weighted by Crippen LogP contribution is 2.16. The number of hydrogen-bond acceptors (Lipinski definition) is 1. The smallest absolute Gasteiger partial charge is 0.119 e. The van der Waals surface area contributed by atoms with Crippen molar-refractivity contribution in [2.45, 2.75) is 19.3 Å². The zero-order valence-corrected chi connectivity index (χ0v) is 13.9. The summed E-state index contributed by atoms with van der Waals surface area (Å²) in [6.07, 6.45) is 5.29. The average Bonchev–Trinajstić information content (AvgIpc) is 2.65. The standard InChI is InChI=1S/C23H23O/c1-3-9-20(10-4-1)11-7-8-18-24-23-16-14-22(15-17-23)19-21-12-5-2-6-13-21/h1-6,9-17H,7-8,18-19H2. The Kier molecular flexibility index (Phi) is 6.07. The van der Waals surface area contributed by atoms with Crippen LogP contribution in [0.4, 0.5) is 0 Å². The van der Waals surface area contributed by atoms with E-state index in [0.717, 1.165) is 31.6 Å². The van der Waals surface area contributed by atoms with Crippen molar-refractivity contribution in [3.63, 3.8) is 0 Å². The van der Waals surface area contributed by atoms with Gasteiger partial charge in [-0.15, -0.1) is 0 Å². The molecule has 0 saturated heterocycles. The van der Waals surface area contributed by atoms with Crippen LogP contribution in [-0.2, 0) is 6.42 Å². The summed E-state index contributed by atoms with van der Waals surface area (Å²) in [5.41, 5.74) is 3.93. The van der Waals surface area contributed by atoms with Gasteiger partial charge in [-0.3, -0.25) is 0 Å². The van der Waals surface area contributed by atoms with Gasteiger partial charge in [-0.1, -0.05) is 72.8 Å². The summed E-state index contributed by atoms with van der Waals surface area (Å²) in [6.45, 7) is 0.751. The summed E-state index contributed by atoms with van der Waals surface area (Å²) < 4.78 is 5.83. The third-order valence-corrected chi connectivity index (χ3v) is 3.97. The van der Waals surface area contributed by atoms with Crippen LogP contribution in [0.2, 0.25) is 0 Å². The Hall–Kier alpha value is -2.54. The molecule has 3 aromatic rings. The second-order valence-corrected chi connectivity index (χ2v) is 5.91. The molecule has 0 fully saturated rings. The molecule has 0 aliphatic rings. The molecule has 0 spiro atoms. The lowest BCUT2D eigenvalue weighted by atomic mass is 10.1. The van der Waals surface area contributed by atoms with Crippen LogP contribution < -0.4 is 4.74 Å². The van der Waals surface area contributed by atoms with Crippen molar-refractivity contribution in [3.05, 3.63) is 108 Å². The molecule has 1 heteroatoms. The minimum absolute atomic E-state index is 0.751. The minimum Gasteiger partial charge on any atom is -0.494 e. The molecule has 1 radical (unpaired) electrons. The molecule has 121 valence electrons.